The van der Waals surface area contributed by atoms with Crippen LogP contribution in [0.4, 0.5) is 5.69 Å². The second kappa shape index (κ2) is 4.70. The Bertz CT molecular complexity index is 708. The van der Waals surface area contributed by atoms with Crippen LogP contribution in [0, 0.1) is 0 Å². The number of halogens is 1. The molecule has 0 bridgehead atoms. The summed E-state index contributed by atoms with van der Waals surface area (Å²) in [6.45, 7) is 0. The molecule has 1 aromatic heterocycles. The first-order valence-electron chi connectivity index (χ1n) is 5.65. The molecule has 0 aliphatic carbocycles. The normalized spacial score (nSPS) is 10.6. The molecule has 0 aliphatic rings. The van der Waals surface area contributed by atoms with Gasteiger partial charge in [0.15, 0.2) is 5.82 Å². The quantitative estimate of drug-likeness (QED) is 0.727. The number of nitrogens with two attached hydrogens (primary N) is 1. The number of nitrogens with zero attached hydrogens (tertiary/aromatic N) is 4. The van der Waals surface area contributed by atoms with Crippen molar-refractivity contribution in [1.29, 1.82) is 0 Å². The van der Waals surface area contributed by atoms with Gasteiger partial charge >= 0.3 is 0 Å². The van der Waals surface area contributed by atoms with Crippen molar-refractivity contribution < 1.29 is 0 Å². The van der Waals surface area contributed by atoms with E-state index < -0.39 is 0 Å². The van der Waals surface area contributed by atoms with Gasteiger partial charge in [0, 0.05) is 16.3 Å². The first-order valence-corrected chi connectivity index (χ1v) is 6.03. The van der Waals surface area contributed by atoms with Gasteiger partial charge in [-0.15, -0.1) is 5.10 Å². The maximum atomic E-state index is 6.00. The Labute approximate surface area is 114 Å². The van der Waals surface area contributed by atoms with Crippen LogP contribution in [0.3, 0.4) is 0 Å². The minimum absolute atomic E-state index is 0.561. The van der Waals surface area contributed by atoms with Crippen LogP contribution in [0.5, 0.6) is 0 Å². The Kier molecular flexibility index (Phi) is 2.89. The number of tetrazole rings is 1. The number of rotatable bonds is 2. The summed E-state index contributed by atoms with van der Waals surface area (Å²) in [5.41, 5.74) is 8.11. The van der Waals surface area contributed by atoms with Crippen molar-refractivity contribution in [3.8, 4) is 17.1 Å². The number of hydrogen-bond donors (Lipinski definition) is 1. The summed E-state index contributed by atoms with van der Waals surface area (Å²) in [7, 11) is 0. The molecule has 1 heterocycles. The lowest BCUT2D eigenvalue weighted by molar-refractivity contribution is 0.791. The molecule has 19 heavy (non-hydrogen) atoms. The molecule has 0 spiro atoms. The topological polar surface area (TPSA) is 69.6 Å². The van der Waals surface area contributed by atoms with E-state index in [1.165, 1.54) is 0 Å². The van der Waals surface area contributed by atoms with Crippen LogP contribution in [0.2, 0.25) is 5.02 Å². The maximum absolute atomic E-state index is 6.00. The van der Waals surface area contributed by atoms with Crippen LogP contribution < -0.4 is 5.73 Å². The van der Waals surface area contributed by atoms with Gasteiger partial charge in [-0.2, -0.15) is 4.68 Å². The highest BCUT2D eigenvalue weighted by molar-refractivity contribution is 6.31. The van der Waals surface area contributed by atoms with E-state index in [0.29, 0.717) is 22.1 Å². The van der Waals surface area contributed by atoms with Crippen molar-refractivity contribution in [2.75, 3.05) is 5.73 Å². The van der Waals surface area contributed by atoms with Crippen LogP contribution >= 0.6 is 11.6 Å². The van der Waals surface area contributed by atoms with E-state index in [1.807, 2.05) is 30.3 Å². The molecule has 5 nitrogen and oxygen atoms in total. The molecule has 0 unspecified atom stereocenters. The van der Waals surface area contributed by atoms with Crippen LogP contribution in [0.15, 0.2) is 48.5 Å². The third kappa shape index (κ3) is 2.15. The number of hydrogen-bond acceptors (Lipinski definition) is 4. The number of aromatic nitrogens is 4. The first kappa shape index (κ1) is 11.7. The molecule has 3 rings (SSSR count). The number of para-hydroxylation sites is 1. The van der Waals surface area contributed by atoms with Gasteiger partial charge in [0.2, 0.25) is 0 Å². The summed E-state index contributed by atoms with van der Waals surface area (Å²) in [5.74, 6) is 0.561. The largest absolute Gasteiger partial charge is 0.398 e. The summed E-state index contributed by atoms with van der Waals surface area (Å²) in [4.78, 5) is 0. The van der Waals surface area contributed by atoms with Gasteiger partial charge in [-0.1, -0.05) is 29.8 Å². The zero-order valence-electron chi connectivity index (χ0n) is 9.86. The summed E-state index contributed by atoms with van der Waals surface area (Å²) < 4.78 is 1.63. The van der Waals surface area contributed by atoms with Gasteiger partial charge in [-0.3, -0.25) is 0 Å². The lowest BCUT2D eigenvalue weighted by atomic mass is 10.1. The molecule has 0 saturated carbocycles. The van der Waals surface area contributed by atoms with Crippen LogP contribution in [0.25, 0.3) is 17.1 Å². The average Bonchev–Trinajstić information content (AvgIpc) is 2.91. The van der Waals surface area contributed by atoms with Crippen molar-refractivity contribution in [2.24, 2.45) is 0 Å². The molecule has 0 atom stereocenters. The Morgan fingerprint density at radius 3 is 2.63 bits per heavy atom. The predicted molar refractivity (Wildman–Crippen MR) is 74.0 cm³/mol. The van der Waals surface area contributed by atoms with Crippen molar-refractivity contribution >= 4 is 17.3 Å². The molecule has 94 valence electrons. The highest BCUT2D eigenvalue weighted by atomic mass is 35.5. The SMILES string of the molecule is Nc1ccc(Cl)cc1-c1nnnn1-c1ccccc1. The zero-order valence-corrected chi connectivity index (χ0v) is 10.6. The smallest absolute Gasteiger partial charge is 0.189 e. The molecule has 0 fully saturated rings. The summed E-state index contributed by atoms with van der Waals surface area (Å²) in [6.07, 6.45) is 0. The fourth-order valence-electron chi connectivity index (χ4n) is 1.82. The van der Waals surface area contributed by atoms with E-state index in [9.17, 15) is 0 Å². The fraction of sp³-hybridized carbons (Fsp3) is 0. The molecule has 0 saturated heterocycles. The minimum atomic E-state index is 0.561. The first-order chi connectivity index (χ1) is 9.25. The van der Waals surface area contributed by atoms with E-state index in [1.54, 1.807) is 22.9 Å². The average molecular weight is 272 g/mol. The Balaban J connectivity index is 2.18. The van der Waals surface area contributed by atoms with Gasteiger partial charge in [0.1, 0.15) is 0 Å². The van der Waals surface area contributed by atoms with Gasteiger partial charge in [-0.05, 0) is 40.8 Å². The molecular weight excluding hydrogens is 262 g/mol. The highest BCUT2D eigenvalue weighted by Crippen LogP contribution is 2.28. The highest BCUT2D eigenvalue weighted by Gasteiger charge is 2.13. The lowest BCUT2D eigenvalue weighted by Crippen LogP contribution is -2.01. The molecule has 2 aromatic carbocycles. The molecule has 0 amide bonds. The van der Waals surface area contributed by atoms with E-state index in [2.05, 4.69) is 15.5 Å². The van der Waals surface area contributed by atoms with E-state index in [4.69, 9.17) is 17.3 Å². The van der Waals surface area contributed by atoms with Crippen LogP contribution in [-0.4, -0.2) is 20.2 Å². The van der Waals surface area contributed by atoms with Gasteiger partial charge in [0.05, 0.1) is 5.69 Å². The summed E-state index contributed by atoms with van der Waals surface area (Å²) in [5, 5.41) is 12.3. The Morgan fingerprint density at radius 1 is 1.05 bits per heavy atom. The van der Waals surface area contributed by atoms with Crippen LogP contribution in [-0.2, 0) is 0 Å². The van der Waals surface area contributed by atoms with Crippen molar-refractivity contribution in [1.82, 2.24) is 20.2 Å². The standard InChI is InChI=1S/C13H10ClN5/c14-9-6-7-12(15)11(8-9)13-16-17-18-19(13)10-4-2-1-3-5-10/h1-8H,15H2. The second-order valence-electron chi connectivity index (χ2n) is 3.98. The van der Waals surface area contributed by atoms with Gasteiger partial charge < -0.3 is 5.73 Å². The maximum Gasteiger partial charge on any atom is 0.189 e. The monoisotopic (exact) mass is 271 g/mol. The minimum Gasteiger partial charge on any atom is -0.398 e. The number of benzene rings is 2. The van der Waals surface area contributed by atoms with E-state index in [0.717, 1.165) is 5.69 Å². The molecule has 3 aromatic rings. The van der Waals surface area contributed by atoms with E-state index >= 15 is 0 Å². The predicted octanol–water partition coefficient (Wildman–Crippen LogP) is 2.56. The van der Waals surface area contributed by atoms with Crippen molar-refractivity contribution in [3.05, 3.63) is 53.6 Å². The Hall–Kier alpha value is -2.40. The van der Waals surface area contributed by atoms with Gasteiger partial charge in [0.25, 0.3) is 0 Å². The molecule has 2 N–H and O–H groups in total. The molecule has 6 heteroatoms. The lowest BCUT2D eigenvalue weighted by Gasteiger charge is -2.07. The van der Waals surface area contributed by atoms with Crippen LogP contribution in [0.1, 0.15) is 0 Å². The fourth-order valence-corrected chi connectivity index (χ4v) is 1.99. The third-order valence-corrected chi connectivity index (χ3v) is 2.96. The number of anilines is 1. The summed E-state index contributed by atoms with van der Waals surface area (Å²) >= 11 is 6.00. The van der Waals surface area contributed by atoms with Crippen molar-refractivity contribution in [2.45, 2.75) is 0 Å². The zero-order chi connectivity index (χ0) is 13.2. The second-order valence-corrected chi connectivity index (χ2v) is 4.42. The summed E-state index contributed by atoms with van der Waals surface area (Å²) in [6, 6.07) is 14.8. The van der Waals surface area contributed by atoms with Crippen molar-refractivity contribution in [3.63, 3.8) is 0 Å². The Morgan fingerprint density at radius 2 is 1.84 bits per heavy atom. The molecule has 0 radical (unpaired) electrons. The third-order valence-electron chi connectivity index (χ3n) is 2.73. The molecule has 0 aliphatic heterocycles. The number of nitrogen functional groups attached to an aromatic ring is 1. The van der Waals surface area contributed by atoms with E-state index in [-0.39, 0.29) is 0 Å². The van der Waals surface area contributed by atoms with Gasteiger partial charge in [-0.25, -0.2) is 0 Å². The molecular formula is C13H10ClN5.